The van der Waals surface area contributed by atoms with Gasteiger partial charge in [0.1, 0.15) is 0 Å². The van der Waals surface area contributed by atoms with Crippen LogP contribution in [0.5, 0.6) is 0 Å². The standard InChI is InChI=1S/C14H26N2O2/c1-12-5-3-4-10-16(12)13(17)14(11-18-2)6-8-15-9-7-14/h12,15H,3-11H2,1-2H3. The van der Waals surface area contributed by atoms with Crippen LogP contribution in [0.3, 0.4) is 0 Å². The van der Waals surface area contributed by atoms with Gasteiger partial charge in [0, 0.05) is 19.7 Å². The summed E-state index contributed by atoms with van der Waals surface area (Å²) in [4.78, 5) is 15.0. The summed E-state index contributed by atoms with van der Waals surface area (Å²) in [5.41, 5.74) is -0.272. The SMILES string of the molecule is COCC1(C(=O)N2CCCCC2C)CCNCC1. The van der Waals surface area contributed by atoms with E-state index in [2.05, 4.69) is 17.1 Å². The molecule has 1 unspecified atom stereocenters. The van der Waals surface area contributed by atoms with Gasteiger partial charge in [-0.3, -0.25) is 4.79 Å². The average Bonchev–Trinajstić information content (AvgIpc) is 2.40. The van der Waals surface area contributed by atoms with Gasteiger partial charge in [-0.1, -0.05) is 0 Å². The number of carbonyl (C=O) groups excluding carboxylic acids is 1. The molecular formula is C14H26N2O2. The molecule has 0 aromatic rings. The summed E-state index contributed by atoms with van der Waals surface area (Å²) >= 11 is 0. The van der Waals surface area contributed by atoms with Crippen LogP contribution in [0.15, 0.2) is 0 Å². The maximum Gasteiger partial charge on any atom is 0.231 e. The van der Waals surface area contributed by atoms with Crippen molar-refractivity contribution in [3.63, 3.8) is 0 Å². The number of methoxy groups -OCH3 is 1. The van der Waals surface area contributed by atoms with Gasteiger partial charge < -0.3 is 15.0 Å². The monoisotopic (exact) mass is 254 g/mol. The highest BCUT2D eigenvalue weighted by molar-refractivity contribution is 5.83. The zero-order valence-corrected chi connectivity index (χ0v) is 11.7. The van der Waals surface area contributed by atoms with Crippen LogP contribution >= 0.6 is 0 Å². The smallest absolute Gasteiger partial charge is 0.231 e. The molecule has 2 saturated heterocycles. The second kappa shape index (κ2) is 6.02. The third-order valence-electron chi connectivity index (χ3n) is 4.50. The molecule has 2 rings (SSSR count). The van der Waals surface area contributed by atoms with Crippen LogP contribution in [0.1, 0.15) is 39.0 Å². The van der Waals surface area contributed by atoms with E-state index in [4.69, 9.17) is 4.74 Å². The number of rotatable bonds is 3. The summed E-state index contributed by atoms with van der Waals surface area (Å²) in [6.07, 6.45) is 5.36. The second-order valence-electron chi connectivity index (χ2n) is 5.81. The van der Waals surface area contributed by atoms with Gasteiger partial charge in [-0.2, -0.15) is 0 Å². The van der Waals surface area contributed by atoms with E-state index >= 15 is 0 Å². The molecule has 4 heteroatoms. The van der Waals surface area contributed by atoms with E-state index in [9.17, 15) is 4.79 Å². The minimum atomic E-state index is -0.272. The van der Waals surface area contributed by atoms with Crippen LogP contribution in [0, 0.1) is 5.41 Å². The molecule has 0 spiro atoms. The van der Waals surface area contributed by atoms with Crippen LogP contribution in [0.4, 0.5) is 0 Å². The number of nitrogens with zero attached hydrogens (tertiary/aromatic N) is 1. The van der Waals surface area contributed by atoms with Gasteiger partial charge in [-0.25, -0.2) is 0 Å². The number of carbonyl (C=O) groups is 1. The first-order valence-electron chi connectivity index (χ1n) is 7.20. The van der Waals surface area contributed by atoms with Crippen molar-refractivity contribution in [2.75, 3.05) is 33.4 Å². The van der Waals surface area contributed by atoms with Crippen LogP contribution < -0.4 is 5.32 Å². The molecule has 2 fully saturated rings. The number of nitrogens with one attached hydrogen (secondary N) is 1. The Hall–Kier alpha value is -0.610. The number of likely N-dealkylation sites (tertiary alicyclic amines) is 1. The van der Waals surface area contributed by atoms with Crippen molar-refractivity contribution < 1.29 is 9.53 Å². The van der Waals surface area contributed by atoms with E-state index in [0.29, 0.717) is 18.6 Å². The predicted molar refractivity (Wildman–Crippen MR) is 71.4 cm³/mol. The zero-order valence-electron chi connectivity index (χ0n) is 11.7. The minimum absolute atomic E-state index is 0.272. The first-order valence-corrected chi connectivity index (χ1v) is 7.20. The van der Waals surface area contributed by atoms with Crippen molar-refractivity contribution in [3.8, 4) is 0 Å². The summed E-state index contributed by atoms with van der Waals surface area (Å²) in [6.45, 7) is 5.53. The van der Waals surface area contributed by atoms with Gasteiger partial charge in [-0.05, 0) is 52.1 Å². The Morgan fingerprint density at radius 1 is 1.39 bits per heavy atom. The lowest BCUT2D eigenvalue weighted by atomic mass is 9.77. The van der Waals surface area contributed by atoms with Crippen molar-refractivity contribution in [3.05, 3.63) is 0 Å². The zero-order chi connectivity index (χ0) is 13.0. The Morgan fingerprint density at radius 3 is 2.72 bits per heavy atom. The number of piperidine rings is 2. The molecule has 1 N–H and O–H groups in total. The number of ether oxygens (including phenoxy) is 1. The highest BCUT2D eigenvalue weighted by Gasteiger charge is 2.43. The van der Waals surface area contributed by atoms with Gasteiger partial charge >= 0.3 is 0 Å². The molecule has 0 aromatic heterocycles. The highest BCUT2D eigenvalue weighted by atomic mass is 16.5. The minimum Gasteiger partial charge on any atom is -0.384 e. The highest BCUT2D eigenvalue weighted by Crippen LogP contribution is 2.33. The number of amides is 1. The largest absolute Gasteiger partial charge is 0.384 e. The fourth-order valence-electron chi connectivity index (χ4n) is 3.31. The molecule has 0 bridgehead atoms. The average molecular weight is 254 g/mol. The second-order valence-corrected chi connectivity index (χ2v) is 5.81. The van der Waals surface area contributed by atoms with E-state index in [1.807, 2.05) is 0 Å². The molecule has 0 radical (unpaired) electrons. The Balaban J connectivity index is 2.11. The van der Waals surface area contributed by atoms with Gasteiger partial charge in [-0.15, -0.1) is 0 Å². The fourth-order valence-corrected chi connectivity index (χ4v) is 3.31. The molecule has 1 amide bonds. The maximum atomic E-state index is 12.9. The molecule has 2 heterocycles. The van der Waals surface area contributed by atoms with E-state index in [1.165, 1.54) is 6.42 Å². The number of hydrogen-bond donors (Lipinski definition) is 1. The van der Waals surface area contributed by atoms with Crippen molar-refractivity contribution >= 4 is 5.91 Å². The molecule has 18 heavy (non-hydrogen) atoms. The van der Waals surface area contributed by atoms with Crippen LogP contribution in [-0.2, 0) is 9.53 Å². The molecule has 0 aromatic carbocycles. The quantitative estimate of drug-likeness (QED) is 0.828. The van der Waals surface area contributed by atoms with Crippen molar-refractivity contribution in [2.24, 2.45) is 5.41 Å². The van der Waals surface area contributed by atoms with E-state index in [-0.39, 0.29) is 5.41 Å². The summed E-state index contributed by atoms with van der Waals surface area (Å²) in [5.74, 6) is 0.332. The topological polar surface area (TPSA) is 41.6 Å². The van der Waals surface area contributed by atoms with Crippen LogP contribution in [0.2, 0.25) is 0 Å². The lowest BCUT2D eigenvalue weighted by Gasteiger charge is -2.43. The molecular weight excluding hydrogens is 228 g/mol. The lowest BCUT2D eigenvalue weighted by molar-refractivity contribution is -0.151. The third-order valence-corrected chi connectivity index (χ3v) is 4.50. The summed E-state index contributed by atoms with van der Waals surface area (Å²) in [5, 5.41) is 3.34. The molecule has 4 nitrogen and oxygen atoms in total. The van der Waals surface area contributed by atoms with Gasteiger partial charge in [0.05, 0.1) is 12.0 Å². The Bertz CT molecular complexity index is 282. The van der Waals surface area contributed by atoms with Crippen LogP contribution in [0.25, 0.3) is 0 Å². The first-order chi connectivity index (χ1) is 8.69. The molecule has 2 aliphatic heterocycles. The van der Waals surface area contributed by atoms with Crippen molar-refractivity contribution in [2.45, 2.75) is 45.1 Å². The lowest BCUT2D eigenvalue weighted by Crippen LogP contribution is -2.54. The van der Waals surface area contributed by atoms with Gasteiger partial charge in [0.15, 0.2) is 0 Å². The maximum absolute atomic E-state index is 12.9. The fraction of sp³-hybridized carbons (Fsp3) is 0.929. The molecule has 2 aliphatic rings. The van der Waals surface area contributed by atoms with Crippen molar-refractivity contribution in [1.29, 1.82) is 0 Å². The third kappa shape index (κ3) is 2.69. The molecule has 0 aliphatic carbocycles. The van der Waals surface area contributed by atoms with E-state index in [1.54, 1.807) is 7.11 Å². The summed E-state index contributed by atoms with van der Waals surface area (Å²) < 4.78 is 5.36. The first kappa shape index (κ1) is 13.8. The van der Waals surface area contributed by atoms with Crippen LogP contribution in [-0.4, -0.2) is 50.2 Å². The Kier molecular flexibility index (Phi) is 4.62. The normalized spacial score (nSPS) is 28.1. The van der Waals surface area contributed by atoms with Gasteiger partial charge in [0.2, 0.25) is 5.91 Å². The predicted octanol–water partition coefficient (Wildman–Crippen LogP) is 1.40. The summed E-state index contributed by atoms with van der Waals surface area (Å²) in [7, 11) is 1.71. The van der Waals surface area contributed by atoms with E-state index < -0.39 is 0 Å². The Labute approximate surface area is 110 Å². The van der Waals surface area contributed by atoms with Gasteiger partial charge in [0.25, 0.3) is 0 Å². The van der Waals surface area contributed by atoms with Crippen molar-refractivity contribution in [1.82, 2.24) is 10.2 Å². The summed E-state index contributed by atoms with van der Waals surface area (Å²) in [6, 6.07) is 0.398. The molecule has 104 valence electrons. The van der Waals surface area contributed by atoms with E-state index in [0.717, 1.165) is 45.3 Å². The number of hydrogen-bond acceptors (Lipinski definition) is 3. The Morgan fingerprint density at radius 2 is 2.11 bits per heavy atom. The molecule has 1 atom stereocenters. The molecule has 0 saturated carbocycles.